The van der Waals surface area contributed by atoms with E-state index in [9.17, 15) is 4.21 Å². The summed E-state index contributed by atoms with van der Waals surface area (Å²) in [6, 6.07) is 0.436. The minimum absolute atomic E-state index is 0.105. The van der Waals surface area contributed by atoms with E-state index in [0.29, 0.717) is 6.04 Å². The quantitative estimate of drug-likeness (QED) is 0.855. The van der Waals surface area contributed by atoms with Crippen LogP contribution < -0.4 is 5.32 Å². The summed E-state index contributed by atoms with van der Waals surface area (Å²) in [5.41, 5.74) is 1.15. The van der Waals surface area contributed by atoms with E-state index >= 15 is 0 Å². The predicted molar refractivity (Wildman–Crippen MR) is 69.9 cm³/mol. The number of hydrogen-bond acceptors (Lipinski definition) is 4. The Kier molecular flexibility index (Phi) is 3.77. The lowest BCUT2D eigenvalue weighted by Crippen LogP contribution is -2.35. The average molecular weight is 269 g/mol. The van der Waals surface area contributed by atoms with Crippen molar-refractivity contribution in [3.05, 3.63) is 18.2 Å². The van der Waals surface area contributed by atoms with Gasteiger partial charge in [-0.15, -0.1) is 0 Å². The molecule has 0 bridgehead atoms. The van der Waals surface area contributed by atoms with Gasteiger partial charge in [0.15, 0.2) is 0 Å². The fourth-order valence-electron chi connectivity index (χ4n) is 2.68. The van der Waals surface area contributed by atoms with Gasteiger partial charge < -0.3 is 14.6 Å². The molecule has 3 heterocycles. The lowest BCUT2D eigenvalue weighted by Gasteiger charge is -2.29. The number of aromatic nitrogens is 2. The molecule has 0 spiro atoms. The third kappa shape index (κ3) is 2.50. The van der Waals surface area contributed by atoms with E-state index in [2.05, 4.69) is 14.9 Å². The molecule has 1 unspecified atom stereocenters. The van der Waals surface area contributed by atoms with Crippen LogP contribution in [-0.2, 0) is 15.5 Å². The van der Waals surface area contributed by atoms with Gasteiger partial charge in [-0.3, -0.25) is 4.21 Å². The van der Waals surface area contributed by atoms with Gasteiger partial charge in [-0.1, -0.05) is 0 Å². The average Bonchev–Trinajstić information content (AvgIpc) is 2.90. The fraction of sp³-hybridized carbons (Fsp3) is 0.750. The first kappa shape index (κ1) is 12.3. The molecule has 3 rings (SSSR count). The first-order chi connectivity index (χ1) is 8.84. The molecule has 2 fully saturated rings. The number of hydrogen-bond donors (Lipinski definition) is 1. The Morgan fingerprint density at radius 3 is 3.00 bits per heavy atom. The van der Waals surface area contributed by atoms with Gasteiger partial charge >= 0.3 is 0 Å². The van der Waals surface area contributed by atoms with Crippen molar-refractivity contribution in [2.24, 2.45) is 0 Å². The molecule has 1 aromatic rings. The molecule has 100 valence electrons. The second-order valence-electron chi connectivity index (χ2n) is 4.87. The highest BCUT2D eigenvalue weighted by molar-refractivity contribution is 7.85. The molecule has 0 aliphatic carbocycles. The Labute approximate surface area is 109 Å². The van der Waals surface area contributed by atoms with Crippen molar-refractivity contribution < 1.29 is 8.95 Å². The largest absolute Gasteiger partial charge is 0.369 e. The van der Waals surface area contributed by atoms with Crippen molar-refractivity contribution in [3.8, 4) is 0 Å². The van der Waals surface area contributed by atoms with Crippen LogP contribution in [0.4, 0.5) is 0 Å². The number of nitrogens with one attached hydrogen (secondary N) is 1. The maximum absolute atomic E-state index is 11.4. The monoisotopic (exact) mass is 269 g/mol. The first-order valence-electron chi connectivity index (χ1n) is 6.53. The highest BCUT2D eigenvalue weighted by atomic mass is 32.2. The summed E-state index contributed by atoms with van der Waals surface area (Å²) >= 11 is 0. The van der Waals surface area contributed by atoms with Crippen LogP contribution in [0.25, 0.3) is 0 Å². The summed E-state index contributed by atoms with van der Waals surface area (Å²) in [5.74, 6) is 1.62. The maximum atomic E-state index is 11.4. The molecule has 1 aromatic heterocycles. The second kappa shape index (κ2) is 5.50. The van der Waals surface area contributed by atoms with Gasteiger partial charge in [-0.05, 0) is 12.8 Å². The van der Waals surface area contributed by atoms with E-state index < -0.39 is 10.8 Å². The van der Waals surface area contributed by atoms with Crippen molar-refractivity contribution >= 4 is 10.8 Å². The fourth-order valence-corrected chi connectivity index (χ4v) is 3.96. The SMILES string of the molecule is O=S1CCC(n2cncc2C2CNCCO2)CC1. The zero-order chi connectivity index (χ0) is 12.4. The second-order valence-corrected chi connectivity index (χ2v) is 6.56. The molecule has 2 aliphatic rings. The minimum Gasteiger partial charge on any atom is -0.369 e. The first-order valence-corrected chi connectivity index (χ1v) is 8.02. The maximum Gasteiger partial charge on any atom is 0.111 e. The molecule has 1 atom stereocenters. The zero-order valence-corrected chi connectivity index (χ0v) is 11.2. The molecule has 6 heteroatoms. The van der Waals surface area contributed by atoms with Gasteiger partial charge in [0, 0.05) is 41.4 Å². The molecule has 18 heavy (non-hydrogen) atoms. The van der Waals surface area contributed by atoms with E-state index in [1.165, 1.54) is 0 Å². The smallest absolute Gasteiger partial charge is 0.111 e. The van der Waals surface area contributed by atoms with Crippen LogP contribution in [0, 0.1) is 0 Å². The number of nitrogens with zero attached hydrogens (tertiary/aromatic N) is 2. The van der Waals surface area contributed by atoms with E-state index in [1.54, 1.807) is 0 Å². The normalized spacial score (nSPS) is 33.4. The van der Waals surface area contributed by atoms with Gasteiger partial charge in [-0.2, -0.15) is 0 Å². The number of rotatable bonds is 2. The van der Waals surface area contributed by atoms with Crippen LogP contribution in [0.1, 0.15) is 30.7 Å². The summed E-state index contributed by atoms with van der Waals surface area (Å²) in [5, 5.41) is 3.35. The molecule has 0 amide bonds. The Balaban J connectivity index is 1.76. The molecule has 5 nitrogen and oxygen atoms in total. The standard InChI is InChI=1S/C12H19N3O2S/c16-18-5-1-10(2-6-18)15-9-14-7-11(15)12-8-13-3-4-17-12/h7,9-10,12-13H,1-6,8H2. The Hall–Kier alpha value is -0.720. The van der Waals surface area contributed by atoms with Gasteiger partial charge in [0.1, 0.15) is 6.10 Å². The van der Waals surface area contributed by atoms with E-state index in [-0.39, 0.29) is 6.10 Å². The van der Waals surface area contributed by atoms with E-state index in [4.69, 9.17) is 4.74 Å². The molecule has 2 aliphatic heterocycles. The number of ether oxygens (including phenoxy) is 1. The van der Waals surface area contributed by atoms with Crippen molar-refractivity contribution in [3.63, 3.8) is 0 Å². The summed E-state index contributed by atoms with van der Waals surface area (Å²) in [4.78, 5) is 4.27. The lowest BCUT2D eigenvalue weighted by atomic mass is 10.1. The van der Waals surface area contributed by atoms with Crippen molar-refractivity contribution in [2.45, 2.75) is 25.0 Å². The van der Waals surface area contributed by atoms with Crippen molar-refractivity contribution in [1.29, 1.82) is 0 Å². The number of imidazole rings is 1. The topological polar surface area (TPSA) is 56.2 Å². The highest BCUT2D eigenvalue weighted by Gasteiger charge is 2.25. The van der Waals surface area contributed by atoms with Crippen LogP contribution >= 0.6 is 0 Å². The lowest BCUT2D eigenvalue weighted by molar-refractivity contribution is 0.0218. The molecule has 0 radical (unpaired) electrons. The predicted octanol–water partition coefficient (Wildman–Crippen LogP) is 0.628. The Morgan fingerprint density at radius 1 is 1.44 bits per heavy atom. The molecule has 1 N–H and O–H groups in total. The number of morpholine rings is 1. The third-order valence-electron chi connectivity index (χ3n) is 3.70. The van der Waals surface area contributed by atoms with Gasteiger partial charge in [0.05, 0.1) is 24.8 Å². The van der Waals surface area contributed by atoms with Crippen molar-refractivity contribution in [1.82, 2.24) is 14.9 Å². The van der Waals surface area contributed by atoms with Crippen LogP contribution in [0.2, 0.25) is 0 Å². The third-order valence-corrected chi connectivity index (χ3v) is 5.09. The summed E-state index contributed by atoms with van der Waals surface area (Å²) in [6.45, 7) is 2.53. The summed E-state index contributed by atoms with van der Waals surface area (Å²) in [6.07, 6.45) is 5.87. The van der Waals surface area contributed by atoms with Gasteiger partial charge in [0.2, 0.25) is 0 Å². The summed E-state index contributed by atoms with van der Waals surface area (Å²) in [7, 11) is -0.611. The Bertz CT molecular complexity index is 419. The Morgan fingerprint density at radius 2 is 2.28 bits per heavy atom. The van der Waals surface area contributed by atoms with Crippen molar-refractivity contribution in [2.75, 3.05) is 31.2 Å². The van der Waals surface area contributed by atoms with Gasteiger partial charge in [0.25, 0.3) is 0 Å². The zero-order valence-electron chi connectivity index (χ0n) is 10.4. The molecular weight excluding hydrogens is 250 g/mol. The van der Waals surface area contributed by atoms with E-state index in [0.717, 1.165) is 49.7 Å². The molecule has 0 aromatic carbocycles. The van der Waals surface area contributed by atoms with Crippen LogP contribution in [0.3, 0.4) is 0 Å². The van der Waals surface area contributed by atoms with Crippen LogP contribution in [-0.4, -0.2) is 45.0 Å². The van der Waals surface area contributed by atoms with Gasteiger partial charge in [-0.25, -0.2) is 4.98 Å². The highest BCUT2D eigenvalue weighted by Crippen LogP contribution is 2.27. The molecule has 0 saturated carbocycles. The van der Waals surface area contributed by atoms with E-state index in [1.807, 2.05) is 12.5 Å². The molecular formula is C12H19N3O2S. The van der Waals surface area contributed by atoms with Crippen LogP contribution in [0.5, 0.6) is 0 Å². The minimum atomic E-state index is -0.611. The molecule has 2 saturated heterocycles. The van der Waals surface area contributed by atoms with Crippen LogP contribution in [0.15, 0.2) is 12.5 Å². The summed E-state index contributed by atoms with van der Waals surface area (Å²) < 4.78 is 19.4.